The van der Waals surface area contributed by atoms with E-state index in [4.69, 9.17) is 0 Å². The lowest BCUT2D eigenvalue weighted by Crippen LogP contribution is -1.96. The quantitative estimate of drug-likeness (QED) is 0.802. The molecule has 2 aromatic rings. The minimum absolute atomic E-state index is 0.288. The summed E-state index contributed by atoms with van der Waals surface area (Å²) in [6, 6.07) is 8.46. The van der Waals surface area contributed by atoms with Crippen molar-refractivity contribution in [3.8, 4) is 10.4 Å². The summed E-state index contributed by atoms with van der Waals surface area (Å²) in [6.07, 6.45) is 1.96. The number of benzene rings is 1. The second-order valence-electron chi connectivity index (χ2n) is 3.66. The molecule has 0 fully saturated rings. The van der Waals surface area contributed by atoms with Crippen LogP contribution in [0.15, 0.2) is 40.6 Å². The third kappa shape index (κ3) is 2.62. The van der Waals surface area contributed by atoms with E-state index in [9.17, 15) is 13.2 Å². The third-order valence-corrected chi connectivity index (χ3v) is 4.41. The molecular formula is C12H10O3S2. The van der Waals surface area contributed by atoms with Gasteiger partial charge < -0.3 is 0 Å². The van der Waals surface area contributed by atoms with Gasteiger partial charge in [-0.1, -0.05) is 12.1 Å². The number of rotatable bonds is 3. The van der Waals surface area contributed by atoms with Crippen molar-refractivity contribution in [2.45, 2.75) is 4.90 Å². The van der Waals surface area contributed by atoms with Crippen LogP contribution in [0.3, 0.4) is 0 Å². The molecule has 1 heterocycles. The Hall–Kier alpha value is -1.46. The van der Waals surface area contributed by atoms with Gasteiger partial charge in [0.05, 0.1) is 4.90 Å². The van der Waals surface area contributed by atoms with Crippen LogP contribution >= 0.6 is 11.3 Å². The number of sulfone groups is 1. The molecule has 2 rings (SSSR count). The summed E-state index contributed by atoms with van der Waals surface area (Å²) in [5.74, 6) is 0. The van der Waals surface area contributed by atoms with Gasteiger partial charge in [0.15, 0.2) is 16.1 Å². The van der Waals surface area contributed by atoms with Crippen molar-refractivity contribution in [2.75, 3.05) is 6.26 Å². The first-order valence-electron chi connectivity index (χ1n) is 4.85. The Morgan fingerprint density at radius 3 is 2.59 bits per heavy atom. The number of hydrogen-bond acceptors (Lipinski definition) is 4. The number of thiophene rings is 1. The molecule has 0 aliphatic rings. The highest BCUT2D eigenvalue weighted by molar-refractivity contribution is 7.90. The van der Waals surface area contributed by atoms with Crippen LogP contribution in [0.25, 0.3) is 10.4 Å². The second-order valence-corrected chi connectivity index (χ2v) is 6.59. The van der Waals surface area contributed by atoms with Crippen molar-refractivity contribution in [1.29, 1.82) is 0 Å². The molecule has 0 aliphatic heterocycles. The molecule has 3 nitrogen and oxygen atoms in total. The SMILES string of the molecule is CS(=O)(=O)c1cccc(-c2cc(C=O)cs2)c1. The van der Waals surface area contributed by atoms with Gasteiger partial charge in [-0.05, 0) is 23.8 Å². The van der Waals surface area contributed by atoms with Gasteiger partial charge in [0.1, 0.15) is 0 Å². The van der Waals surface area contributed by atoms with Gasteiger partial charge in [-0.3, -0.25) is 4.79 Å². The van der Waals surface area contributed by atoms with E-state index in [1.807, 2.05) is 6.07 Å². The Labute approximate surface area is 104 Å². The Morgan fingerprint density at radius 2 is 2.00 bits per heavy atom. The Morgan fingerprint density at radius 1 is 1.24 bits per heavy atom. The number of hydrogen-bond donors (Lipinski definition) is 0. The van der Waals surface area contributed by atoms with Crippen LogP contribution in [0.4, 0.5) is 0 Å². The van der Waals surface area contributed by atoms with E-state index in [-0.39, 0.29) is 4.90 Å². The van der Waals surface area contributed by atoms with Gasteiger partial charge >= 0.3 is 0 Å². The van der Waals surface area contributed by atoms with E-state index in [2.05, 4.69) is 0 Å². The van der Waals surface area contributed by atoms with Gasteiger partial charge in [0, 0.05) is 22.1 Å². The first-order chi connectivity index (χ1) is 8.00. The van der Waals surface area contributed by atoms with E-state index in [0.717, 1.165) is 16.7 Å². The molecule has 0 bridgehead atoms. The fraction of sp³-hybridized carbons (Fsp3) is 0.0833. The minimum atomic E-state index is -3.20. The van der Waals surface area contributed by atoms with Gasteiger partial charge in [0.2, 0.25) is 0 Å². The summed E-state index contributed by atoms with van der Waals surface area (Å²) in [6.45, 7) is 0. The smallest absolute Gasteiger partial charge is 0.175 e. The van der Waals surface area contributed by atoms with E-state index >= 15 is 0 Å². The van der Waals surface area contributed by atoms with Gasteiger partial charge in [-0.15, -0.1) is 11.3 Å². The van der Waals surface area contributed by atoms with E-state index < -0.39 is 9.84 Å². The number of carbonyl (C=O) groups excluding carboxylic acids is 1. The van der Waals surface area contributed by atoms with Crippen molar-refractivity contribution >= 4 is 27.5 Å². The van der Waals surface area contributed by atoms with Crippen LogP contribution in [-0.4, -0.2) is 21.0 Å². The summed E-state index contributed by atoms with van der Waals surface area (Å²) in [5, 5.41) is 1.75. The zero-order valence-corrected chi connectivity index (χ0v) is 10.7. The lowest BCUT2D eigenvalue weighted by atomic mass is 10.2. The summed E-state index contributed by atoms with van der Waals surface area (Å²) >= 11 is 1.42. The van der Waals surface area contributed by atoms with Crippen molar-refractivity contribution < 1.29 is 13.2 Å². The molecule has 0 unspecified atom stereocenters. The molecule has 0 saturated carbocycles. The Kier molecular flexibility index (Phi) is 3.13. The zero-order chi connectivity index (χ0) is 12.5. The Balaban J connectivity index is 2.50. The average molecular weight is 266 g/mol. The predicted molar refractivity (Wildman–Crippen MR) is 68.3 cm³/mol. The van der Waals surface area contributed by atoms with Crippen molar-refractivity contribution in [2.24, 2.45) is 0 Å². The summed E-state index contributed by atoms with van der Waals surface area (Å²) in [7, 11) is -3.20. The van der Waals surface area contributed by atoms with Crippen molar-refractivity contribution in [1.82, 2.24) is 0 Å². The molecule has 17 heavy (non-hydrogen) atoms. The fourth-order valence-corrected chi connectivity index (χ4v) is 2.96. The van der Waals surface area contributed by atoms with Crippen LogP contribution in [0.5, 0.6) is 0 Å². The highest BCUT2D eigenvalue weighted by Gasteiger charge is 2.09. The van der Waals surface area contributed by atoms with Crippen LogP contribution in [0.2, 0.25) is 0 Å². The maximum absolute atomic E-state index is 11.4. The molecule has 5 heteroatoms. The standard InChI is InChI=1S/C12H10O3S2/c1-17(14,15)11-4-2-3-10(6-11)12-5-9(7-13)8-16-12/h2-8H,1H3. The molecule has 0 N–H and O–H groups in total. The van der Waals surface area contributed by atoms with Crippen LogP contribution < -0.4 is 0 Å². The molecule has 0 aliphatic carbocycles. The Bertz CT molecular complexity index is 654. The van der Waals surface area contributed by atoms with Crippen molar-refractivity contribution in [3.05, 3.63) is 41.3 Å². The second kappa shape index (κ2) is 4.43. The molecule has 1 aromatic carbocycles. The first kappa shape index (κ1) is 12.0. The van der Waals surface area contributed by atoms with Crippen LogP contribution in [-0.2, 0) is 9.84 Å². The molecule has 1 aromatic heterocycles. The van der Waals surface area contributed by atoms with Gasteiger partial charge in [-0.2, -0.15) is 0 Å². The largest absolute Gasteiger partial charge is 0.298 e. The number of carbonyl (C=O) groups is 1. The molecule has 0 saturated heterocycles. The topological polar surface area (TPSA) is 51.2 Å². The molecule has 0 amide bonds. The summed E-state index contributed by atoms with van der Waals surface area (Å²) in [4.78, 5) is 11.8. The average Bonchev–Trinajstić information content (AvgIpc) is 2.76. The predicted octanol–water partition coefficient (Wildman–Crippen LogP) is 2.63. The fourth-order valence-electron chi connectivity index (χ4n) is 1.44. The number of aldehydes is 1. The van der Waals surface area contributed by atoms with Crippen LogP contribution in [0, 0.1) is 0 Å². The minimum Gasteiger partial charge on any atom is -0.298 e. The van der Waals surface area contributed by atoms with Crippen molar-refractivity contribution in [3.63, 3.8) is 0 Å². The summed E-state index contributed by atoms with van der Waals surface area (Å²) in [5.41, 5.74) is 1.42. The lowest BCUT2D eigenvalue weighted by Gasteiger charge is -2.01. The normalized spacial score (nSPS) is 11.4. The van der Waals surface area contributed by atoms with E-state index in [1.165, 1.54) is 17.6 Å². The van der Waals surface area contributed by atoms with Gasteiger partial charge in [-0.25, -0.2) is 8.42 Å². The lowest BCUT2D eigenvalue weighted by molar-refractivity contribution is 0.112. The van der Waals surface area contributed by atoms with Crippen LogP contribution in [0.1, 0.15) is 10.4 Å². The monoisotopic (exact) mass is 266 g/mol. The highest BCUT2D eigenvalue weighted by atomic mass is 32.2. The van der Waals surface area contributed by atoms with E-state index in [0.29, 0.717) is 5.56 Å². The first-order valence-corrected chi connectivity index (χ1v) is 7.62. The highest BCUT2D eigenvalue weighted by Crippen LogP contribution is 2.28. The zero-order valence-electron chi connectivity index (χ0n) is 9.08. The third-order valence-electron chi connectivity index (χ3n) is 2.30. The maximum atomic E-state index is 11.4. The summed E-state index contributed by atoms with van der Waals surface area (Å²) < 4.78 is 22.9. The maximum Gasteiger partial charge on any atom is 0.175 e. The van der Waals surface area contributed by atoms with Gasteiger partial charge in [0.25, 0.3) is 0 Å². The molecular weight excluding hydrogens is 256 g/mol. The molecule has 88 valence electrons. The molecule has 0 atom stereocenters. The molecule has 0 spiro atoms. The molecule has 0 radical (unpaired) electrons. The van der Waals surface area contributed by atoms with E-state index in [1.54, 1.807) is 29.6 Å².